The van der Waals surface area contributed by atoms with Crippen LogP contribution in [0.2, 0.25) is 0 Å². The normalized spacial score (nSPS) is 11.2. The Morgan fingerprint density at radius 2 is 1.92 bits per heavy atom. The van der Waals surface area contributed by atoms with Gasteiger partial charge in [0.05, 0.1) is 18.3 Å². The number of halogens is 1. The number of hydrogen-bond acceptors (Lipinski definition) is 3. The first-order valence-corrected chi connectivity index (χ1v) is 8.64. The van der Waals surface area contributed by atoms with E-state index in [2.05, 4.69) is 45.0 Å². The lowest BCUT2D eigenvalue weighted by Crippen LogP contribution is -2.05. The smallest absolute Gasteiger partial charge is 0.356 e. The van der Waals surface area contributed by atoms with Crippen LogP contribution in [0.25, 0.3) is 33.1 Å². The molecule has 0 unspecified atom stereocenters. The zero-order valence-corrected chi connectivity index (χ0v) is 15.3. The van der Waals surface area contributed by atoms with E-state index in [4.69, 9.17) is 4.74 Å². The summed E-state index contributed by atoms with van der Waals surface area (Å²) in [6.07, 6.45) is 0. The summed E-state index contributed by atoms with van der Waals surface area (Å²) in [5.41, 5.74) is 5.01. The van der Waals surface area contributed by atoms with Crippen LogP contribution >= 0.6 is 15.9 Å². The summed E-state index contributed by atoms with van der Waals surface area (Å²) >= 11 is 3.58. The predicted octanol–water partition coefficient (Wildman–Crippen LogP) is 5.24. The molecular formula is C20H15BrN2O2. The van der Waals surface area contributed by atoms with Crippen LogP contribution in [0.5, 0.6) is 0 Å². The van der Waals surface area contributed by atoms with E-state index in [-0.39, 0.29) is 0 Å². The lowest BCUT2D eigenvalue weighted by Gasteiger charge is -2.08. The zero-order valence-electron chi connectivity index (χ0n) is 13.8. The van der Waals surface area contributed by atoms with Gasteiger partial charge in [-0.3, -0.25) is 0 Å². The molecule has 5 heteroatoms. The number of methoxy groups -OCH3 is 1. The van der Waals surface area contributed by atoms with Crippen LogP contribution in [0.3, 0.4) is 0 Å². The number of nitrogens with zero attached hydrogens (tertiary/aromatic N) is 1. The van der Waals surface area contributed by atoms with Crippen molar-refractivity contribution in [3.63, 3.8) is 0 Å². The van der Waals surface area contributed by atoms with Gasteiger partial charge in [0.1, 0.15) is 5.69 Å². The highest BCUT2D eigenvalue weighted by molar-refractivity contribution is 9.10. The molecule has 0 aliphatic carbocycles. The molecule has 2 heterocycles. The first-order chi connectivity index (χ1) is 12.1. The number of aryl methyl sites for hydroxylation is 1. The second-order valence-electron chi connectivity index (χ2n) is 5.92. The number of nitrogens with one attached hydrogen (secondary N) is 1. The van der Waals surface area contributed by atoms with Crippen molar-refractivity contribution in [3.05, 3.63) is 64.3 Å². The van der Waals surface area contributed by atoms with E-state index in [1.54, 1.807) is 6.07 Å². The number of carbonyl (C=O) groups is 1. The summed E-state index contributed by atoms with van der Waals surface area (Å²) in [6.45, 7) is 2.05. The Morgan fingerprint density at radius 3 is 2.68 bits per heavy atom. The van der Waals surface area contributed by atoms with Gasteiger partial charge in [-0.1, -0.05) is 45.8 Å². The Bertz CT molecular complexity index is 1130. The van der Waals surface area contributed by atoms with Crippen LogP contribution in [0, 0.1) is 6.92 Å². The van der Waals surface area contributed by atoms with Crippen LogP contribution in [0.15, 0.2) is 53.0 Å². The lowest BCUT2D eigenvalue weighted by molar-refractivity contribution is 0.0594. The van der Waals surface area contributed by atoms with Crippen molar-refractivity contribution < 1.29 is 9.53 Å². The second kappa shape index (κ2) is 6.01. The number of pyridine rings is 1. The minimum atomic E-state index is -0.447. The van der Waals surface area contributed by atoms with Crippen molar-refractivity contribution in [2.24, 2.45) is 0 Å². The first-order valence-electron chi connectivity index (χ1n) is 7.85. The summed E-state index contributed by atoms with van der Waals surface area (Å²) in [5, 5.41) is 2.02. The number of ether oxygens (including phenoxy) is 1. The van der Waals surface area contributed by atoms with E-state index in [9.17, 15) is 4.79 Å². The standard InChI is InChI=1S/C20H15BrN2O2/c1-11-7-8-16-13(9-11)14-10-17(20(24)25-2)23-18(19(14)22-16)12-5-3-4-6-15(12)21/h3-10,22H,1-2H3. The molecule has 124 valence electrons. The van der Waals surface area contributed by atoms with Gasteiger partial charge in [-0.2, -0.15) is 0 Å². The Balaban J connectivity index is 2.15. The Hall–Kier alpha value is -2.66. The van der Waals surface area contributed by atoms with Crippen LogP contribution in [-0.2, 0) is 4.74 Å². The fraction of sp³-hybridized carbons (Fsp3) is 0.100. The van der Waals surface area contributed by atoms with Gasteiger partial charge >= 0.3 is 5.97 Å². The monoisotopic (exact) mass is 394 g/mol. The Kier molecular flexibility index (Phi) is 3.81. The summed E-state index contributed by atoms with van der Waals surface area (Å²) in [5.74, 6) is -0.447. The van der Waals surface area contributed by atoms with Gasteiger partial charge < -0.3 is 9.72 Å². The average Bonchev–Trinajstić information content (AvgIpc) is 2.98. The van der Waals surface area contributed by atoms with Gasteiger partial charge in [-0.25, -0.2) is 9.78 Å². The molecule has 0 radical (unpaired) electrons. The number of hydrogen-bond donors (Lipinski definition) is 1. The van der Waals surface area contributed by atoms with Crippen molar-refractivity contribution in [2.45, 2.75) is 6.92 Å². The molecule has 4 rings (SSSR count). The molecule has 0 fully saturated rings. The van der Waals surface area contributed by atoms with Gasteiger partial charge in [-0.15, -0.1) is 0 Å². The van der Waals surface area contributed by atoms with Gasteiger partial charge in [0.2, 0.25) is 0 Å². The fourth-order valence-electron chi connectivity index (χ4n) is 3.07. The molecule has 0 bridgehead atoms. The SMILES string of the molecule is COC(=O)c1cc2c([nH]c3ccc(C)cc32)c(-c2ccccc2Br)n1. The van der Waals surface area contributed by atoms with E-state index in [0.717, 1.165) is 43.1 Å². The van der Waals surface area contributed by atoms with Gasteiger partial charge in [0, 0.05) is 26.3 Å². The molecule has 0 aliphatic rings. The second-order valence-corrected chi connectivity index (χ2v) is 6.78. The van der Waals surface area contributed by atoms with Crippen molar-refractivity contribution in [3.8, 4) is 11.3 Å². The fourth-order valence-corrected chi connectivity index (χ4v) is 3.54. The quantitative estimate of drug-likeness (QED) is 0.472. The highest BCUT2D eigenvalue weighted by atomic mass is 79.9. The minimum Gasteiger partial charge on any atom is -0.464 e. The highest BCUT2D eigenvalue weighted by Gasteiger charge is 2.18. The van der Waals surface area contributed by atoms with E-state index in [0.29, 0.717) is 5.69 Å². The Labute approximate surface area is 153 Å². The Morgan fingerprint density at radius 1 is 1.12 bits per heavy atom. The summed E-state index contributed by atoms with van der Waals surface area (Å²) in [4.78, 5) is 20.2. The minimum absolute atomic E-state index is 0.295. The third kappa shape index (κ3) is 2.61. The van der Waals surface area contributed by atoms with Crippen molar-refractivity contribution >= 4 is 43.7 Å². The molecule has 0 spiro atoms. The topological polar surface area (TPSA) is 55.0 Å². The third-order valence-electron chi connectivity index (χ3n) is 4.27. The molecule has 0 amide bonds. The highest BCUT2D eigenvalue weighted by Crippen LogP contribution is 2.36. The molecule has 1 N–H and O–H groups in total. The predicted molar refractivity (Wildman–Crippen MR) is 103 cm³/mol. The summed E-state index contributed by atoms with van der Waals surface area (Å²) < 4.78 is 5.81. The van der Waals surface area contributed by atoms with Gasteiger partial charge in [-0.05, 0) is 31.2 Å². The number of rotatable bonds is 2. The molecule has 0 saturated carbocycles. The van der Waals surface area contributed by atoms with Crippen molar-refractivity contribution in [1.29, 1.82) is 0 Å². The maximum absolute atomic E-state index is 12.1. The van der Waals surface area contributed by atoms with E-state index < -0.39 is 5.97 Å². The van der Waals surface area contributed by atoms with E-state index in [1.807, 2.05) is 30.3 Å². The van der Waals surface area contributed by atoms with Gasteiger partial charge in [0.25, 0.3) is 0 Å². The molecule has 2 aromatic heterocycles. The summed E-state index contributed by atoms with van der Waals surface area (Å²) in [7, 11) is 1.37. The first kappa shape index (κ1) is 15.8. The number of aromatic nitrogens is 2. The lowest BCUT2D eigenvalue weighted by atomic mass is 10.1. The zero-order chi connectivity index (χ0) is 17.6. The maximum Gasteiger partial charge on any atom is 0.356 e. The number of benzene rings is 2. The number of esters is 1. The molecule has 0 atom stereocenters. The number of carbonyl (C=O) groups excluding carboxylic acids is 1. The molecule has 4 nitrogen and oxygen atoms in total. The van der Waals surface area contributed by atoms with Crippen LogP contribution in [-0.4, -0.2) is 23.0 Å². The van der Waals surface area contributed by atoms with Gasteiger partial charge in [0.15, 0.2) is 0 Å². The molecule has 4 aromatic rings. The van der Waals surface area contributed by atoms with Crippen molar-refractivity contribution in [2.75, 3.05) is 7.11 Å². The van der Waals surface area contributed by atoms with Crippen LogP contribution in [0.4, 0.5) is 0 Å². The number of fused-ring (bicyclic) bond motifs is 3. The van der Waals surface area contributed by atoms with Crippen LogP contribution < -0.4 is 0 Å². The largest absolute Gasteiger partial charge is 0.464 e. The molecule has 25 heavy (non-hydrogen) atoms. The number of aromatic amines is 1. The van der Waals surface area contributed by atoms with E-state index in [1.165, 1.54) is 7.11 Å². The van der Waals surface area contributed by atoms with Crippen LogP contribution in [0.1, 0.15) is 16.1 Å². The molecule has 0 aliphatic heterocycles. The van der Waals surface area contributed by atoms with E-state index >= 15 is 0 Å². The average molecular weight is 395 g/mol. The number of H-pyrrole nitrogens is 1. The third-order valence-corrected chi connectivity index (χ3v) is 4.96. The molecule has 0 saturated heterocycles. The molecular weight excluding hydrogens is 380 g/mol. The molecule has 2 aromatic carbocycles. The van der Waals surface area contributed by atoms with Crippen molar-refractivity contribution in [1.82, 2.24) is 9.97 Å². The maximum atomic E-state index is 12.1. The summed E-state index contributed by atoms with van der Waals surface area (Å²) in [6, 6.07) is 15.8.